The standard InChI is InChI=1S/C28H24N3/c1-27(2)24-19-11-12-29-16-18(19)15-22-21-10-9-17-7-5-6-8-20(17)25(21)30-13-14-31(28(27,3)4)26(30)23(22)24/h5-16H,1-4H3/q+1. The van der Waals surface area contributed by atoms with Crippen LogP contribution in [0.15, 0.2) is 73.3 Å². The Bertz CT molecular complexity index is 1730. The zero-order chi connectivity index (χ0) is 21.1. The molecular formula is C28H24N3+. The number of rotatable bonds is 0. The average molecular weight is 403 g/mol. The third-order valence-electron chi connectivity index (χ3n) is 8.17. The highest BCUT2D eigenvalue weighted by molar-refractivity contribution is 6.22. The predicted octanol–water partition coefficient (Wildman–Crippen LogP) is 6.26. The van der Waals surface area contributed by atoms with Gasteiger partial charge in [0.1, 0.15) is 23.4 Å². The topological polar surface area (TPSA) is 21.2 Å². The Balaban J connectivity index is 1.92. The molecule has 0 saturated carbocycles. The number of nitrogens with zero attached hydrogens (tertiary/aromatic N) is 3. The zero-order valence-electron chi connectivity index (χ0n) is 18.3. The van der Waals surface area contributed by atoms with Crippen LogP contribution in [0.25, 0.3) is 48.9 Å². The fourth-order valence-electron chi connectivity index (χ4n) is 5.94. The van der Waals surface area contributed by atoms with Crippen LogP contribution >= 0.6 is 0 Å². The second kappa shape index (κ2) is 5.23. The van der Waals surface area contributed by atoms with E-state index in [4.69, 9.17) is 0 Å². The molecule has 0 aliphatic carbocycles. The van der Waals surface area contributed by atoms with Crippen molar-refractivity contribution in [2.45, 2.75) is 38.6 Å². The maximum Gasteiger partial charge on any atom is 0.295 e. The minimum absolute atomic E-state index is 0.0594. The molecule has 1 aliphatic rings. The van der Waals surface area contributed by atoms with E-state index in [1.165, 1.54) is 54.4 Å². The number of pyridine rings is 2. The summed E-state index contributed by atoms with van der Waals surface area (Å²) in [5.41, 5.74) is 3.86. The molecule has 0 unspecified atom stereocenters. The predicted molar refractivity (Wildman–Crippen MR) is 128 cm³/mol. The van der Waals surface area contributed by atoms with Gasteiger partial charge in [-0.25, -0.2) is 4.57 Å². The minimum atomic E-state index is -0.0858. The number of aromatic nitrogens is 3. The molecule has 3 aromatic carbocycles. The lowest BCUT2D eigenvalue weighted by Gasteiger charge is -2.43. The fourth-order valence-corrected chi connectivity index (χ4v) is 5.94. The van der Waals surface area contributed by atoms with Gasteiger partial charge in [0.05, 0.1) is 5.39 Å². The van der Waals surface area contributed by atoms with Crippen molar-refractivity contribution in [1.82, 2.24) is 9.38 Å². The Labute approximate surface area is 180 Å². The van der Waals surface area contributed by atoms with Crippen LogP contribution in [-0.2, 0) is 11.0 Å². The van der Waals surface area contributed by atoms with Crippen molar-refractivity contribution in [3.05, 3.63) is 78.9 Å². The van der Waals surface area contributed by atoms with Crippen molar-refractivity contribution >= 4 is 48.9 Å². The van der Waals surface area contributed by atoms with Crippen LogP contribution in [0, 0.1) is 0 Å². The minimum Gasteiger partial charge on any atom is -0.264 e. The first-order valence-electron chi connectivity index (χ1n) is 11.0. The Hall–Kier alpha value is -3.46. The molecule has 3 aromatic heterocycles. The summed E-state index contributed by atoms with van der Waals surface area (Å²) in [6.45, 7) is 9.53. The van der Waals surface area contributed by atoms with Gasteiger partial charge in [-0.3, -0.25) is 4.98 Å². The summed E-state index contributed by atoms with van der Waals surface area (Å²) in [4.78, 5) is 4.47. The van der Waals surface area contributed by atoms with E-state index in [1.54, 1.807) is 0 Å². The maximum absolute atomic E-state index is 4.47. The molecule has 150 valence electrons. The van der Waals surface area contributed by atoms with Crippen LogP contribution in [0.1, 0.15) is 33.3 Å². The molecule has 6 aromatic rings. The normalized spacial score (nSPS) is 16.9. The summed E-state index contributed by atoms with van der Waals surface area (Å²) in [6, 6.07) is 17.8. The molecule has 31 heavy (non-hydrogen) atoms. The fraction of sp³-hybridized carbons (Fsp3) is 0.214. The lowest BCUT2D eigenvalue weighted by Crippen LogP contribution is -2.63. The van der Waals surface area contributed by atoms with Gasteiger partial charge in [0, 0.05) is 39.4 Å². The van der Waals surface area contributed by atoms with Crippen molar-refractivity contribution in [1.29, 1.82) is 0 Å². The lowest BCUT2D eigenvalue weighted by molar-refractivity contribution is -0.745. The molecule has 0 N–H and O–H groups in total. The molecule has 3 heteroatoms. The first kappa shape index (κ1) is 17.2. The third-order valence-corrected chi connectivity index (χ3v) is 8.17. The Morgan fingerprint density at radius 1 is 0.839 bits per heavy atom. The summed E-state index contributed by atoms with van der Waals surface area (Å²) in [7, 11) is 0. The van der Waals surface area contributed by atoms with Crippen LogP contribution in [0.4, 0.5) is 0 Å². The van der Waals surface area contributed by atoms with Crippen LogP contribution < -0.4 is 4.57 Å². The van der Waals surface area contributed by atoms with Gasteiger partial charge in [0.2, 0.25) is 0 Å². The molecule has 7 rings (SSSR count). The first-order chi connectivity index (χ1) is 14.9. The smallest absolute Gasteiger partial charge is 0.264 e. The maximum atomic E-state index is 4.47. The van der Waals surface area contributed by atoms with Crippen molar-refractivity contribution in [3.8, 4) is 0 Å². The van der Waals surface area contributed by atoms with Gasteiger partial charge in [-0.2, -0.15) is 4.40 Å². The van der Waals surface area contributed by atoms with Gasteiger partial charge in [-0.1, -0.05) is 44.2 Å². The Morgan fingerprint density at radius 2 is 1.68 bits per heavy atom. The molecule has 4 heterocycles. The van der Waals surface area contributed by atoms with Crippen LogP contribution in [0.3, 0.4) is 0 Å². The van der Waals surface area contributed by atoms with Gasteiger partial charge in [0.15, 0.2) is 0 Å². The van der Waals surface area contributed by atoms with E-state index in [2.05, 4.69) is 103 Å². The highest BCUT2D eigenvalue weighted by Crippen LogP contribution is 2.49. The summed E-state index contributed by atoms with van der Waals surface area (Å²) < 4.78 is 4.92. The Morgan fingerprint density at radius 3 is 2.55 bits per heavy atom. The van der Waals surface area contributed by atoms with Crippen molar-refractivity contribution in [2.24, 2.45) is 0 Å². The van der Waals surface area contributed by atoms with Gasteiger partial charge in [-0.15, -0.1) is 0 Å². The molecule has 0 amide bonds. The summed E-state index contributed by atoms with van der Waals surface area (Å²) in [6.07, 6.45) is 8.48. The van der Waals surface area contributed by atoms with Gasteiger partial charge >= 0.3 is 0 Å². The molecule has 0 saturated heterocycles. The van der Waals surface area contributed by atoms with Crippen molar-refractivity contribution in [3.63, 3.8) is 0 Å². The number of hydrogen-bond acceptors (Lipinski definition) is 1. The molecule has 0 bridgehead atoms. The molecule has 1 aliphatic heterocycles. The van der Waals surface area contributed by atoms with Crippen LogP contribution in [0.5, 0.6) is 0 Å². The number of fused-ring (bicyclic) bond motifs is 7. The summed E-state index contributed by atoms with van der Waals surface area (Å²) >= 11 is 0. The van der Waals surface area contributed by atoms with E-state index in [1.807, 2.05) is 12.4 Å². The van der Waals surface area contributed by atoms with E-state index >= 15 is 0 Å². The monoisotopic (exact) mass is 402 g/mol. The lowest BCUT2D eigenvalue weighted by atomic mass is 9.65. The van der Waals surface area contributed by atoms with E-state index in [9.17, 15) is 0 Å². The zero-order valence-corrected chi connectivity index (χ0v) is 18.3. The van der Waals surface area contributed by atoms with E-state index in [-0.39, 0.29) is 11.0 Å². The van der Waals surface area contributed by atoms with Crippen molar-refractivity contribution in [2.75, 3.05) is 0 Å². The highest BCUT2D eigenvalue weighted by Gasteiger charge is 2.50. The molecule has 0 spiro atoms. The number of hydrogen-bond donors (Lipinski definition) is 0. The second-order valence-electron chi connectivity index (χ2n) is 10.00. The van der Waals surface area contributed by atoms with E-state index < -0.39 is 0 Å². The quantitative estimate of drug-likeness (QED) is 0.167. The largest absolute Gasteiger partial charge is 0.295 e. The van der Waals surface area contributed by atoms with E-state index in [0.717, 1.165) is 0 Å². The number of benzene rings is 3. The first-order valence-corrected chi connectivity index (χ1v) is 11.0. The van der Waals surface area contributed by atoms with Gasteiger partial charge < -0.3 is 0 Å². The van der Waals surface area contributed by atoms with E-state index in [0.29, 0.717) is 0 Å². The Kier molecular flexibility index (Phi) is 2.91. The van der Waals surface area contributed by atoms with Gasteiger partial charge in [0.25, 0.3) is 5.65 Å². The molecule has 0 atom stereocenters. The molecule has 0 radical (unpaired) electrons. The molecular weight excluding hydrogens is 378 g/mol. The van der Waals surface area contributed by atoms with Crippen LogP contribution in [0.2, 0.25) is 0 Å². The average Bonchev–Trinajstić information content (AvgIpc) is 3.22. The molecule has 0 fully saturated rings. The van der Waals surface area contributed by atoms with Crippen LogP contribution in [-0.4, -0.2) is 9.38 Å². The molecule has 3 nitrogen and oxygen atoms in total. The summed E-state index contributed by atoms with van der Waals surface area (Å²) in [5.74, 6) is 0. The number of imidazole rings is 1. The highest BCUT2D eigenvalue weighted by atomic mass is 15.2. The third kappa shape index (κ3) is 1.83. The second-order valence-corrected chi connectivity index (χ2v) is 10.00. The van der Waals surface area contributed by atoms with Gasteiger partial charge in [-0.05, 0) is 48.4 Å². The SMILES string of the molecule is CC1(C)c2c3ccncc3cc3c4ccc5ccccc5c4n4cc[n+](c4c23)C1(C)C. The van der Waals surface area contributed by atoms with Crippen molar-refractivity contribution < 1.29 is 4.57 Å². The summed E-state index contributed by atoms with van der Waals surface area (Å²) in [5, 5.41) is 9.08.